The van der Waals surface area contributed by atoms with E-state index in [0.29, 0.717) is 16.8 Å². The average molecular weight is 333 g/mol. The van der Waals surface area contributed by atoms with Gasteiger partial charge in [-0.3, -0.25) is 10.1 Å². The molecule has 0 aliphatic carbocycles. The monoisotopic (exact) mass is 333 g/mol. The van der Waals surface area contributed by atoms with Crippen molar-refractivity contribution < 1.29 is 19.2 Å². The van der Waals surface area contributed by atoms with Crippen molar-refractivity contribution in [2.75, 3.05) is 7.11 Å². The highest BCUT2D eigenvalue weighted by Gasteiger charge is 2.32. The minimum atomic E-state index is -0.743. The molecule has 0 bridgehead atoms. The number of hydrogen-bond donors (Lipinski definition) is 1. The van der Waals surface area contributed by atoms with Crippen molar-refractivity contribution in [1.82, 2.24) is 5.32 Å². The van der Waals surface area contributed by atoms with Gasteiger partial charge in [0.05, 0.1) is 23.7 Å². The standard InChI is InChI=1S/C16H19N3O5/c1-9(2)24-15(20)13-10(3)17-16(23-4)18-14(13)11-6-5-7-12(8-11)19(21)22/h5-9,14H,1-4H3,(H,17,18). The maximum Gasteiger partial charge on any atom is 0.338 e. The molecular weight excluding hydrogens is 314 g/mol. The maximum atomic E-state index is 12.5. The number of carbonyl (C=O) groups excluding carboxylic acids is 1. The van der Waals surface area contributed by atoms with Crippen LogP contribution in [0.4, 0.5) is 5.69 Å². The van der Waals surface area contributed by atoms with Crippen LogP contribution >= 0.6 is 0 Å². The molecule has 1 N–H and O–H groups in total. The van der Waals surface area contributed by atoms with E-state index in [2.05, 4.69) is 10.3 Å². The molecule has 128 valence electrons. The number of nitrogens with zero attached hydrogens (tertiary/aromatic N) is 2. The summed E-state index contributed by atoms with van der Waals surface area (Å²) in [6, 6.07) is 5.49. The number of nitrogens with one attached hydrogen (secondary N) is 1. The highest BCUT2D eigenvalue weighted by atomic mass is 16.6. The topological polar surface area (TPSA) is 103 Å². The van der Waals surface area contributed by atoms with Crippen LogP contribution in [0, 0.1) is 10.1 Å². The number of amidine groups is 1. The van der Waals surface area contributed by atoms with E-state index >= 15 is 0 Å². The largest absolute Gasteiger partial charge is 0.468 e. The van der Waals surface area contributed by atoms with Crippen LogP contribution in [-0.4, -0.2) is 30.1 Å². The molecule has 24 heavy (non-hydrogen) atoms. The second-order valence-electron chi connectivity index (χ2n) is 5.51. The number of benzene rings is 1. The van der Waals surface area contributed by atoms with Gasteiger partial charge < -0.3 is 14.8 Å². The highest BCUT2D eigenvalue weighted by molar-refractivity contribution is 5.94. The third-order valence-corrected chi connectivity index (χ3v) is 3.37. The van der Waals surface area contributed by atoms with Crippen LogP contribution in [0.5, 0.6) is 0 Å². The van der Waals surface area contributed by atoms with Gasteiger partial charge in [0.1, 0.15) is 6.04 Å². The Kier molecular flexibility index (Phi) is 5.18. The second-order valence-corrected chi connectivity index (χ2v) is 5.51. The third-order valence-electron chi connectivity index (χ3n) is 3.37. The maximum absolute atomic E-state index is 12.5. The first-order chi connectivity index (χ1) is 11.3. The lowest BCUT2D eigenvalue weighted by atomic mass is 9.96. The van der Waals surface area contributed by atoms with Crippen LogP contribution < -0.4 is 5.32 Å². The molecule has 0 amide bonds. The average Bonchev–Trinajstić information content (AvgIpc) is 2.53. The molecule has 0 saturated carbocycles. The molecule has 1 aliphatic heterocycles. The summed E-state index contributed by atoms with van der Waals surface area (Å²) in [6.45, 7) is 5.20. The SMILES string of the molecule is COC1=NC(c2cccc([N+](=O)[O-])c2)C(C(=O)OC(C)C)=C(C)N1. The van der Waals surface area contributed by atoms with E-state index in [0.717, 1.165) is 0 Å². The predicted octanol–water partition coefficient (Wildman–Crippen LogP) is 2.47. The number of ether oxygens (including phenoxy) is 2. The van der Waals surface area contributed by atoms with E-state index in [4.69, 9.17) is 9.47 Å². The minimum Gasteiger partial charge on any atom is -0.468 e. The predicted molar refractivity (Wildman–Crippen MR) is 87.3 cm³/mol. The Labute approximate surface area is 139 Å². The van der Waals surface area contributed by atoms with E-state index in [1.807, 2.05) is 0 Å². The zero-order chi connectivity index (χ0) is 17.9. The molecule has 1 aliphatic rings. The molecule has 1 aromatic carbocycles. The second kappa shape index (κ2) is 7.12. The first-order valence-corrected chi connectivity index (χ1v) is 7.38. The van der Waals surface area contributed by atoms with E-state index < -0.39 is 16.9 Å². The van der Waals surface area contributed by atoms with Crippen LogP contribution in [-0.2, 0) is 14.3 Å². The van der Waals surface area contributed by atoms with Gasteiger partial charge in [-0.15, -0.1) is 0 Å². The number of allylic oxidation sites excluding steroid dienone is 1. The van der Waals surface area contributed by atoms with Gasteiger partial charge in [0.25, 0.3) is 11.7 Å². The van der Waals surface area contributed by atoms with Crippen molar-refractivity contribution in [3.8, 4) is 0 Å². The van der Waals surface area contributed by atoms with Gasteiger partial charge in [-0.25, -0.2) is 9.79 Å². The van der Waals surface area contributed by atoms with Crippen molar-refractivity contribution in [3.05, 3.63) is 51.2 Å². The summed E-state index contributed by atoms with van der Waals surface area (Å²) < 4.78 is 10.4. The zero-order valence-electron chi connectivity index (χ0n) is 13.9. The van der Waals surface area contributed by atoms with Gasteiger partial charge >= 0.3 is 5.97 Å². The number of nitro benzene ring substituents is 1. The van der Waals surface area contributed by atoms with Gasteiger partial charge in [0.15, 0.2) is 0 Å². The molecule has 8 nitrogen and oxygen atoms in total. The number of esters is 1. The summed E-state index contributed by atoms with van der Waals surface area (Å²) in [5, 5.41) is 13.9. The molecule has 0 fully saturated rings. The van der Waals surface area contributed by atoms with Crippen LogP contribution in [0.3, 0.4) is 0 Å². The fourth-order valence-corrected chi connectivity index (χ4v) is 2.34. The molecule has 1 unspecified atom stereocenters. The third kappa shape index (κ3) is 3.70. The van der Waals surface area contributed by atoms with Crippen molar-refractivity contribution in [2.24, 2.45) is 4.99 Å². The fraction of sp³-hybridized carbons (Fsp3) is 0.375. The lowest BCUT2D eigenvalue weighted by Crippen LogP contribution is -2.33. The van der Waals surface area contributed by atoms with Gasteiger partial charge in [-0.2, -0.15) is 0 Å². The van der Waals surface area contributed by atoms with Gasteiger partial charge in [0.2, 0.25) is 0 Å². The fourth-order valence-electron chi connectivity index (χ4n) is 2.34. The van der Waals surface area contributed by atoms with Crippen LogP contribution in [0.1, 0.15) is 32.4 Å². The first-order valence-electron chi connectivity index (χ1n) is 7.38. The first kappa shape index (κ1) is 17.5. The number of hydrogen-bond acceptors (Lipinski definition) is 7. The summed E-state index contributed by atoms with van der Waals surface area (Å²) in [4.78, 5) is 27.3. The summed E-state index contributed by atoms with van der Waals surface area (Å²) in [5.41, 5.74) is 1.26. The smallest absolute Gasteiger partial charge is 0.338 e. The molecule has 0 saturated heterocycles. The molecule has 1 aromatic rings. The molecule has 8 heteroatoms. The Morgan fingerprint density at radius 2 is 2.12 bits per heavy atom. The van der Waals surface area contributed by atoms with Crippen molar-refractivity contribution in [3.63, 3.8) is 0 Å². The summed E-state index contributed by atoms with van der Waals surface area (Å²) in [6.07, 6.45) is -0.295. The van der Waals surface area contributed by atoms with Crippen molar-refractivity contribution in [1.29, 1.82) is 0 Å². The van der Waals surface area contributed by atoms with E-state index in [-0.39, 0.29) is 17.8 Å². The molecular formula is C16H19N3O5. The van der Waals surface area contributed by atoms with Crippen LogP contribution in [0.15, 0.2) is 40.5 Å². The van der Waals surface area contributed by atoms with Gasteiger partial charge in [-0.05, 0) is 26.3 Å². The lowest BCUT2D eigenvalue weighted by Gasteiger charge is -2.25. The summed E-state index contributed by atoms with van der Waals surface area (Å²) in [7, 11) is 1.45. The number of carbonyl (C=O) groups is 1. The molecule has 2 rings (SSSR count). The number of rotatable bonds is 4. The van der Waals surface area contributed by atoms with Crippen LogP contribution in [0.2, 0.25) is 0 Å². The number of non-ortho nitro benzene ring substituents is 1. The number of nitro groups is 1. The molecule has 0 radical (unpaired) electrons. The number of methoxy groups -OCH3 is 1. The highest BCUT2D eigenvalue weighted by Crippen LogP contribution is 2.33. The van der Waals surface area contributed by atoms with E-state index in [1.165, 1.54) is 19.2 Å². The lowest BCUT2D eigenvalue weighted by molar-refractivity contribution is -0.384. The van der Waals surface area contributed by atoms with Crippen molar-refractivity contribution in [2.45, 2.75) is 32.9 Å². The zero-order valence-corrected chi connectivity index (χ0v) is 13.9. The Morgan fingerprint density at radius 3 is 2.71 bits per heavy atom. The summed E-state index contributed by atoms with van der Waals surface area (Å²) in [5.74, 6) is -0.523. The molecule has 1 heterocycles. The van der Waals surface area contributed by atoms with Gasteiger partial charge in [-0.1, -0.05) is 12.1 Å². The Morgan fingerprint density at radius 1 is 1.42 bits per heavy atom. The Bertz CT molecular complexity index is 724. The number of aliphatic imine (C=N–C) groups is 1. The van der Waals surface area contributed by atoms with Crippen molar-refractivity contribution >= 4 is 17.7 Å². The molecule has 0 spiro atoms. The van der Waals surface area contributed by atoms with E-state index in [9.17, 15) is 14.9 Å². The van der Waals surface area contributed by atoms with Gasteiger partial charge in [0, 0.05) is 17.8 Å². The molecule has 1 atom stereocenters. The Balaban J connectivity index is 2.50. The normalized spacial score (nSPS) is 17.2. The molecule has 0 aromatic heterocycles. The quantitative estimate of drug-likeness (QED) is 0.516. The summed E-state index contributed by atoms with van der Waals surface area (Å²) >= 11 is 0. The van der Waals surface area contributed by atoms with Crippen LogP contribution in [0.25, 0.3) is 0 Å². The van der Waals surface area contributed by atoms with E-state index in [1.54, 1.807) is 32.9 Å². The minimum absolute atomic E-state index is 0.0746. The Hall–Kier alpha value is -2.90.